The molecule has 1 aromatic carbocycles. The third-order valence-corrected chi connectivity index (χ3v) is 4.73. The second kappa shape index (κ2) is 6.15. The highest BCUT2D eigenvalue weighted by Gasteiger charge is 2.35. The summed E-state index contributed by atoms with van der Waals surface area (Å²) in [6.07, 6.45) is 5.78. The van der Waals surface area contributed by atoms with Crippen LogP contribution in [0.3, 0.4) is 0 Å². The van der Waals surface area contributed by atoms with Crippen LogP contribution in [0.15, 0.2) is 22.7 Å². The molecule has 20 heavy (non-hydrogen) atoms. The Labute approximate surface area is 130 Å². The normalized spacial score (nSPS) is 18.4. The zero-order valence-electron chi connectivity index (χ0n) is 12.7. The van der Waals surface area contributed by atoms with Gasteiger partial charge in [0, 0.05) is 16.6 Å². The number of hydrogen-bond acceptors (Lipinski definition) is 1. The Bertz CT molecular complexity index is 459. The predicted molar refractivity (Wildman–Crippen MR) is 86.5 cm³/mol. The summed E-state index contributed by atoms with van der Waals surface area (Å²) in [5.74, 6) is -0.0820. The van der Waals surface area contributed by atoms with Gasteiger partial charge in [0.05, 0.1) is 0 Å². The van der Waals surface area contributed by atoms with Crippen molar-refractivity contribution < 1.29 is 4.39 Å². The monoisotopic (exact) mass is 341 g/mol. The van der Waals surface area contributed by atoms with Crippen molar-refractivity contribution in [2.75, 3.05) is 6.54 Å². The van der Waals surface area contributed by atoms with Crippen molar-refractivity contribution in [3.8, 4) is 0 Å². The molecule has 0 radical (unpaired) electrons. The SMILES string of the molecule is CC(C)(C)NCC1(Cc2ccc(Br)cc2F)CCCC1. The summed E-state index contributed by atoms with van der Waals surface area (Å²) in [6.45, 7) is 7.55. The lowest BCUT2D eigenvalue weighted by Gasteiger charge is -2.33. The van der Waals surface area contributed by atoms with Gasteiger partial charge in [0.25, 0.3) is 0 Å². The highest BCUT2D eigenvalue weighted by Crippen LogP contribution is 2.41. The standard InChI is InChI=1S/C17H25BrFN/c1-16(2,3)20-12-17(8-4-5-9-17)11-13-6-7-14(18)10-15(13)19/h6-7,10,20H,4-5,8-9,11-12H2,1-3H3. The van der Waals surface area contributed by atoms with E-state index in [2.05, 4.69) is 42.0 Å². The van der Waals surface area contributed by atoms with Crippen LogP contribution in [-0.2, 0) is 6.42 Å². The van der Waals surface area contributed by atoms with Gasteiger partial charge in [-0.2, -0.15) is 0 Å². The van der Waals surface area contributed by atoms with Crippen LogP contribution < -0.4 is 5.32 Å². The molecule has 0 amide bonds. The molecule has 112 valence electrons. The lowest BCUT2D eigenvalue weighted by atomic mass is 9.79. The second-order valence-corrected chi connectivity index (χ2v) is 8.14. The van der Waals surface area contributed by atoms with Crippen molar-refractivity contribution >= 4 is 15.9 Å². The second-order valence-electron chi connectivity index (χ2n) is 7.22. The Morgan fingerprint density at radius 2 is 1.90 bits per heavy atom. The van der Waals surface area contributed by atoms with Gasteiger partial charge in [-0.3, -0.25) is 0 Å². The summed E-state index contributed by atoms with van der Waals surface area (Å²) in [5, 5.41) is 3.62. The van der Waals surface area contributed by atoms with Gasteiger partial charge in [0.2, 0.25) is 0 Å². The summed E-state index contributed by atoms with van der Waals surface area (Å²) in [5.41, 5.74) is 1.20. The quantitative estimate of drug-likeness (QED) is 0.805. The lowest BCUT2D eigenvalue weighted by molar-refractivity contribution is 0.242. The maximum Gasteiger partial charge on any atom is 0.127 e. The van der Waals surface area contributed by atoms with Crippen LogP contribution in [0.2, 0.25) is 0 Å². The van der Waals surface area contributed by atoms with E-state index in [0.29, 0.717) is 0 Å². The minimum Gasteiger partial charge on any atom is -0.312 e. The molecule has 0 atom stereocenters. The van der Waals surface area contributed by atoms with E-state index in [1.165, 1.54) is 25.7 Å². The summed E-state index contributed by atoms with van der Waals surface area (Å²) in [4.78, 5) is 0. The number of hydrogen-bond donors (Lipinski definition) is 1. The molecule has 1 saturated carbocycles. The van der Waals surface area contributed by atoms with Crippen LogP contribution in [0, 0.1) is 11.2 Å². The average molecular weight is 342 g/mol. The number of nitrogens with one attached hydrogen (secondary N) is 1. The molecule has 1 N–H and O–H groups in total. The number of halogens is 2. The summed E-state index contributed by atoms with van der Waals surface area (Å²) < 4.78 is 14.9. The molecular formula is C17H25BrFN. The molecule has 0 heterocycles. The minimum absolute atomic E-state index is 0.0820. The van der Waals surface area contributed by atoms with Crippen molar-refractivity contribution in [1.82, 2.24) is 5.32 Å². The Morgan fingerprint density at radius 1 is 1.25 bits per heavy atom. The Morgan fingerprint density at radius 3 is 2.45 bits per heavy atom. The third kappa shape index (κ3) is 4.29. The van der Waals surface area contributed by atoms with Gasteiger partial charge in [0.1, 0.15) is 5.82 Å². The highest BCUT2D eigenvalue weighted by atomic mass is 79.9. The van der Waals surface area contributed by atoms with Crippen LogP contribution in [0.4, 0.5) is 4.39 Å². The molecular weight excluding hydrogens is 317 g/mol. The summed E-state index contributed by atoms with van der Waals surface area (Å²) >= 11 is 3.33. The maximum absolute atomic E-state index is 14.1. The van der Waals surface area contributed by atoms with Crippen molar-refractivity contribution in [1.29, 1.82) is 0 Å². The maximum atomic E-state index is 14.1. The van der Waals surface area contributed by atoms with Crippen LogP contribution >= 0.6 is 15.9 Å². The van der Waals surface area contributed by atoms with Gasteiger partial charge in [-0.1, -0.05) is 34.8 Å². The first-order valence-corrected chi connectivity index (χ1v) is 8.28. The van der Waals surface area contributed by atoms with E-state index in [0.717, 1.165) is 23.0 Å². The van der Waals surface area contributed by atoms with Crippen molar-refractivity contribution in [3.05, 3.63) is 34.1 Å². The smallest absolute Gasteiger partial charge is 0.127 e. The zero-order chi connectivity index (χ0) is 14.8. The van der Waals surface area contributed by atoms with Crippen molar-refractivity contribution in [2.24, 2.45) is 5.41 Å². The lowest BCUT2D eigenvalue weighted by Crippen LogP contribution is -2.44. The summed E-state index contributed by atoms with van der Waals surface area (Å²) in [7, 11) is 0. The number of rotatable bonds is 4. The molecule has 0 bridgehead atoms. The molecule has 0 aromatic heterocycles. The fourth-order valence-corrected chi connectivity index (χ4v) is 3.40. The van der Waals surface area contributed by atoms with Gasteiger partial charge < -0.3 is 5.32 Å². The Balaban J connectivity index is 2.12. The first kappa shape index (κ1) is 16.0. The average Bonchev–Trinajstić information content (AvgIpc) is 2.79. The van der Waals surface area contributed by atoms with Crippen molar-refractivity contribution in [2.45, 2.75) is 58.4 Å². The van der Waals surface area contributed by atoms with Crippen LogP contribution in [-0.4, -0.2) is 12.1 Å². The first-order chi connectivity index (χ1) is 9.30. The van der Waals surface area contributed by atoms with Gasteiger partial charge in [-0.25, -0.2) is 4.39 Å². The molecule has 1 aromatic rings. The fourth-order valence-electron chi connectivity index (χ4n) is 3.06. The molecule has 1 fully saturated rings. The van der Waals surface area contributed by atoms with E-state index in [9.17, 15) is 4.39 Å². The highest BCUT2D eigenvalue weighted by molar-refractivity contribution is 9.10. The molecule has 0 aliphatic heterocycles. The Kier molecular flexibility index (Phi) is 4.91. The van der Waals surface area contributed by atoms with Gasteiger partial charge in [-0.05, 0) is 63.1 Å². The molecule has 1 aliphatic rings. The largest absolute Gasteiger partial charge is 0.312 e. The van der Waals surface area contributed by atoms with Crippen LogP contribution in [0.1, 0.15) is 52.0 Å². The molecule has 1 aliphatic carbocycles. The van der Waals surface area contributed by atoms with E-state index in [1.54, 1.807) is 6.07 Å². The van der Waals surface area contributed by atoms with Gasteiger partial charge in [0.15, 0.2) is 0 Å². The van der Waals surface area contributed by atoms with E-state index < -0.39 is 0 Å². The van der Waals surface area contributed by atoms with E-state index in [1.807, 2.05) is 12.1 Å². The Hall–Kier alpha value is -0.410. The topological polar surface area (TPSA) is 12.0 Å². The molecule has 3 heteroatoms. The first-order valence-electron chi connectivity index (χ1n) is 7.49. The van der Waals surface area contributed by atoms with Gasteiger partial charge in [-0.15, -0.1) is 0 Å². The van der Waals surface area contributed by atoms with E-state index >= 15 is 0 Å². The molecule has 0 saturated heterocycles. The third-order valence-electron chi connectivity index (χ3n) is 4.24. The fraction of sp³-hybridized carbons (Fsp3) is 0.647. The minimum atomic E-state index is -0.0820. The molecule has 1 nitrogen and oxygen atoms in total. The van der Waals surface area contributed by atoms with Crippen LogP contribution in [0.5, 0.6) is 0 Å². The molecule has 2 rings (SSSR count). The van der Waals surface area contributed by atoms with E-state index in [4.69, 9.17) is 0 Å². The van der Waals surface area contributed by atoms with Gasteiger partial charge >= 0.3 is 0 Å². The van der Waals surface area contributed by atoms with Crippen LogP contribution in [0.25, 0.3) is 0 Å². The zero-order valence-corrected chi connectivity index (χ0v) is 14.3. The van der Waals surface area contributed by atoms with Crippen molar-refractivity contribution in [3.63, 3.8) is 0 Å². The van der Waals surface area contributed by atoms with E-state index in [-0.39, 0.29) is 16.8 Å². The molecule has 0 spiro atoms. The summed E-state index contributed by atoms with van der Waals surface area (Å²) in [6, 6.07) is 5.45. The number of benzene rings is 1. The predicted octanol–water partition coefficient (Wildman–Crippen LogP) is 5.08. The molecule has 0 unspecified atom stereocenters.